The van der Waals surface area contributed by atoms with E-state index in [1.165, 1.54) is 104 Å². The zero-order valence-corrected chi connectivity index (χ0v) is 23.1. The van der Waals surface area contributed by atoms with Crippen molar-refractivity contribution in [2.45, 2.75) is 43.9 Å². The van der Waals surface area contributed by atoms with Gasteiger partial charge in [0, 0.05) is 27.5 Å². The summed E-state index contributed by atoms with van der Waals surface area (Å²) in [5.74, 6) is 4.92. The van der Waals surface area contributed by atoms with Crippen molar-refractivity contribution in [3.63, 3.8) is 0 Å². The van der Waals surface area contributed by atoms with Gasteiger partial charge >= 0.3 is 0 Å². The number of ether oxygens (including phenoxy) is 1. The molecule has 0 saturated heterocycles. The van der Waals surface area contributed by atoms with Gasteiger partial charge in [0.2, 0.25) is 0 Å². The summed E-state index contributed by atoms with van der Waals surface area (Å²) < 4.78 is 9.79. The molecule has 2 aliphatic heterocycles. The molecular weight excluding hydrogens is 497 g/mol. The van der Waals surface area contributed by atoms with E-state index in [2.05, 4.69) is 95.6 Å². The van der Waals surface area contributed by atoms with Crippen LogP contribution in [0, 0.1) is 17.8 Å². The third-order valence-corrected chi connectivity index (χ3v) is 11.8. The van der Waals surface area contributed by atoms with Gasteiger partial charge < -0.3 is 9.30 Å². The molecule has 4 bridgehead atoms. The lowest BCUT2D eigenvalue weighted by Crippen LogP contribution is -2.59. The van der Waals surface area contributed by atoms with Crippen LogP contribution in [0.15, 0.2) is 91.0 Å². The van der Waals surface area contributed by atoms with Crippen molar-refractivity contribution in [3.05, 3.63) is 96.6 Å². The van der Waals surface area contributed by atoms with Crippen LogP contribution in [0.25, 0.3) is 38.3 Å². The maximum absolute atomic E-state index is 7.24. The third kappa shape index (κ3) is 2.58. The minimum atomic E-state index is 0.157. The summed E-state index contributed by atoms with van der Waals surface area (Å²) >= 11 is 0. The molecule has 0 amide bonds. The molecule has 0 unspecified atom stereocenters. The van der Waals surface area contributed by atoms with Gasteiger partial charge in [-0.1, -0.05) is 72.8 Å². The molecular formula is C38H30BNO. The first-order valence-corrected chi connectivity index (χ1v) is 15.7. The summed E-state index contributed by atoms with van der Waals surface area (Å²) in [6, 6.07) is 34.3. The molecule has 12 rings (SSSR count). The monoisotopic (exact) mass is 527 g/mol. The van der Waals surface area contributed by atoms with Crippen molar-refractivity contribution in [3.8, 4) is 17.2 Å². The molecule has 6 aromatic rings. The Bertz CT molecular complexity index is 2100. The van der Waals surface area contributed by atoms with Gasteiger partial charge in [0.25, 0.3) is 6.71 Å². The second-order valence-electron chi connectivity index (χ2n) is 13.9. The van der Waals surface area contributed by atoms with Crippen LogP contribution in [0.1, 0.15) is 44.1 Å². The number of benzene rings is 5. The smallest absolute Gasteiger partial charge is 0.257 e. The van der Waals surface area contributed by atoms with Crippen LogP contribution in [0.3, 0.4) is 0 Å². The molecule has 196 valence electrons. The zero-order chi connectivity index (χ0) is 26.4. The Labute approximate surface area is 240 Å². The Hall–Kier alpha value is -3.98. The molecule has 4 fully saturated rings. The lowest BCUT2D eigenvalue weighted by molar-refractivity contribution is -0.00593. The van der Waals surface area contributed by atoms with Gasteiger partial charge in [-0.2, -0.15) is 0 Å². The van der Waals surface area contributed by atoms with E-state index in [4.69, 9.17) is 4.74 Å². The highest BCUT2D eigenvalue weighted by atomic mass is 16.5. The van der Waals surface area contributed by atoms with E-state index in [-0.39, 0.29) is 12.1 Å². The molecule has 4 saturated carbocycles. The third-order valence-electron chi connectivity index (χ3n) is 11.8. The molecule has 6 aliphatic rings. The number of para-hydroxylation sites is 2. The number of fused-ring (bicyclic) bond motifs is 9. The predicted molar refractivity (Wildman–Crippen MR) is 169 cm³/mol. The van der Waals surface area contributed by atoms with E-state index in [1.54, 1.807) is 0 Å². The number of nitrogens with zero attached hydrogens (tertiary/aromatic N) is 1. The lowest BCUT2D eigenvalue weighted by atomic mass is 9.33. The van der Waals surface area contributed by atoms with Crippen molar-refractivity contribution in [1.29, 1.82) is 0 Å². The fraction of sp³-hybridized carbons (Fsp3) is 0.263. The molecule has 0 spiro atoms. The number of hydrogen-bond acceptors (Lipinski definition) is 1. The highest BCUT2D eigenvalue weighted by molar-refractivity contribution is 7.00. The van der Waals surface area contributed by atoms with Gasteiger partial charge in [-0.05, 0) is 107 Å². The van der Waals surface area contributed by atoms with Crippen LogP contribution in [-0.4, -0.2) is 11.3 Å². The average Bonchev–Trinajstić information content (AvgIpc) is 3.33. The topological polar surface area (TPSA) is 14.2 Å². The molecule has 3 heteroatoms. The first-order valence-electron chi connectivity index (χ1n) is 15.7. The van der Waals surface area contributed by atoms with Crippen molar-refractivity contribution in [1.82, 2.24) is 4.57 Å². The van der Waals surface area contributed by atoms with Crippen LogP contribution in [0.2, 0.25) is 0 Å². The van der Waals surface area contributed by atoms with E-state index in [1.807, 2.05) is 0 Å². The molecule has 0 atom stereocenters. The molecule has 5 aromatic carbocycles. The van der Waals surface area contributed by atoms with Crippen molar-refractivity contribution in [2.75, 3.05) is 0 Å². The second-order valence-corrected chi connectivity index (χ2v) is 13.9. The van der Waals surface area contributed by atoms with Gasteiger partial charge in [0.05, 0.1) is 5.52 Å². The van der Waals surface area contributed by atoms with E-state index < -0.39 is 0 Å². The summed E-state index contributed by atoms with van der Waals surface area (Å²) in [5.41, 5.74) is 9.88. The number of rotatable bonds is 1. The Balaban J connectivity index is 1.29. The first-order chi connectivity index (χ1) is 20.3. The Morgan fingerprint density at radius 2 is 1.39 bits per heavy atom. The molecule has 2 nitrogen and oxygen atoms in total. The fourth-order valence-corrected chi connectivity index (χ4v) is 10.8. The van der Waals surface area contributed by atoms with Crippen LogP contribution >= 0.6 is 0 Å². The maximum Gasteiger partial charge on any atom is 0.257 e. The Morgan fingerprint density at radius 3 is 2.22 bits per heavy atom. The summed E-state index contributed by atoms with van der Waals surface area (Å²) in [6.45, 7) is 0.157. The van der Waals surface area contributed by atoms with Gasteiger partial charge in [-0.15, -0.1) is 0 Å². The van der Waals surface area contributed by atoms with E-state index >= 15 is 0 Å². The maximum atomic E-state index is 7.24. The van der Waals surface area contributed by atoms with Gasteiger partial charge in [-0.3, -0.25) is 0 Å². The van der Waals surface area contributed by atoms with Gasteiger partial charge in [-0.25, -0.2) is 0 Å². The molecule has 0 radical (unpaired) electrons. The van der Waals surface area contributed by atoms with Crippen LogP contribution < -0.4 is 21.1 Å². The number of hydrogen-bond donors (Lipinski definition) is 0. The summed E-state index contributed by atoms with van der Waals surface area (Å²) in [5, 5.41) is 5.29. The Kier molecular flexibility index (Phi) is 3.85. The minimum absolute atomic E-state index is 0.157. The summed E-state index contributed by atoms with van der Waals surface area (Å²) in [6.07, 6.45) is 8.40. The van der Waals surface area contributed by atoms with Gasteiger partial charge in [0.1, 0.15) is 11.5 Å². The van der Waals surface area contributed by atoms with Crippen molar-refractivity contribution >= 4 is 55.7 Å². The standard InChI is InChI=1S/C38H30BNO/c1-2-7-26-25(6-1)12-15-33-34(26)39-30-10-5-9-28-27-8-3-4-11-31(27)40(36(28)30)32-14-13-29(37(41-33)35(32)39)38-19-22-16-23(20-38)18-24(17-22)21-38/h1-15,22-24H,16-21H2. The van der Waals surface area contributed by atoms with Crippen LogP contribution in [0.4, 0.5) is 0 Å². The largest absolute Gasteiger partial charge is 0.458 e. The Morgan fingerprint density at radius 1 is 0.659 bits per heavy atom. The lowest BCUT2D eigenvalue weighted by Gasteiger charge is -2.57. The van der Waals surface area contributed by atoms with Crippen molar-refractivity contribution in [2.24, 2.45) is 17.8 Å². The van der Waals surface area contributed by atoms with Crippen LogP contribution in [0.5, 0.6) is 11.5 Å². The predicted octanol–water partition coefficient (Wildman–Crippen LogP) is 7.34. The SMILES string of the molecule is c1ccc2c3c(ccc2c1)Oc1c(C24CC5CC(CC(C5)C2)C4)ccc2c1B3c1cccc3c4ccccc4n-2c13. The summed E-state index contributed by atoms with van der Waals surface area (Å²) in [4.78, 5) is 0. The fourth-order valence-electron chi connectivity index (χ4n) is 10.8. The second kappa shape index (κ2) is 7.26. The highest BCUT2D eigenvalue weighted by Gasteiger charge is 2.54. The molecule has 4 aliphatic carbocycles. The number of aromatic nitrogens is 1. The first kappa shape index (κ1) is 21.7. The van der Waals surface area contributed by atoms with E-state index in [0.717, 1.165) is 23.5 Å². The quantitative estimate of drug-likeness (QED) is 0.204. The molecule has 0 N–H and O–H groups in total. The highest BCUT2D eigenvalue weighted by Crippen LogP contribution is 2.62. The van der Waals surface area contributed by atoms with Crippen LogP contribution in [-0.2, 0) is 5.41 Å². The molecule has 1 aromatic heterocycles. The molecule has 3 heterocycles. The van der Waals surface area contributed by atoms with E-state index in [9.17, 15) is 0 Å². The summed E-state index contributed by atoms with van der Waals surface area (Å²) in [7, 11) is 0. The normalized spacial score (nSPS) is 26.4. The molecule has 41 heavy (non-hydrogen) atoms. The van der Waals surface area contributed by atoms with Crippen molar-refractivity contribution < 1.29 is 4.74 Å². The minimum Gasteiger partial charge on any atom is -0.458 e. The average molecular weight is 527 g/mol. The van der Waals surface area contributed by atoms with Gasteiger partial charge in [0.15, 0.2) is 0 Å². The van der Waals surface area contributed by atoms with E-state index in [0.29, 0.717) is 0 Å². The zero-order valence-electron chi connectivity index (χ0n) is 23.1.